The number of Topliss-reactive ketones (excluding diaryl/α,β-unsaturated/α-hetero) is 1. The molecule has 5 heteroatoms. The number of ether oxygens (including phenoxy) is 1. The number of rotatable bonds is 6. The highest BCUT2D eigenvalue weighted by molar-refractivity contribution is 6.32. The summed E-state index contributed by atoms with van der Waals surface area (Å²) in [5.41, 5.74) is 1.27. The van der Waals surface area contributed by atoms with E-state index in [0.717, 1.165) is 32.1 Å². The summed E-state index contributed by atoms with van der Waals surface area (Å²) in [6, 6.07) is 9.71. The summed E-state index contributed by atoms with van der Waals surface area (Å²) in [5, 5.41) is 0. The molecule has 1 fully saturated rings. The number of benzene rings is 1. The van der Waals surface area contributed by atoms with Gasteiger partial charge < -0.3 is 9.64 Å². The summed E-state index contributed by atoms with van der Waals surface area (Å²) >= 11 is 0. The fourth-order valence-electron chi connectivity index (χ4n) is 3.15. The average molecular weight is 331 g/mol. The third-order valence-corrected chi connectivity index (χ3v) is 4.48. The number of hydrogen-bond acceptors (Lipinski definition) is 4. The molecule has 1 aliphatic heterocycles. The molecule has 5 nitrogen and oxygen atoms in total. The smallest absolute Gasteiger partial charge is 0.396 e. The molecule has 1 heterocycles. The molecule has 1 aromatic carbocycles. The molecule has 1 aromatic rings. The molecular formula is C19H25NO4. The van der Waals surface area contributed by atoms with Crippen LogP contribution in [-0.4, -0.2) is 42.3 Å². The number of esters is 1. The molecule has 1 atom stereocenters. The molecule has 0 unspecified atom stereocenters. The summed E-state index contributed by atoms with van der Waals surface area (Å²) in [6.07, 6.45) is 5.50. The number of piperidine rings is 1. The lowest BCUT2D eigenvalue weighted by Crippen LogP contribution is -2.50. The average Bonchev–Trinajstić information content (AvgIpc) is 2.64. The number of nitrogens with zero attached hydrogens (tertiary/aromatic N) is 1. The van der Waals surface area contributed by atoms with Gasteiger partial charge in [0.1, 0.15) is 0 Å². The Kier molecular flexibility index (Phi) is 6.97. The second-order valence-electron chi connectivity index (χ2n) is 6.16. The van der Waals surface area contributed by atoms with E-state index in [0.29, 0.717) is 19.4 Å². The van der Waals surface area contributed by atoms with E-state index in [1.807, 2.05) is 18.2 Å². The first-order valence-corrected chi connectivity index (χ1v) is 8.59. The Hall–Kier alpha value is -2.17. The van der Waals surface area contributed by atoms with E-state index in [1.54, 1.807) is 0 Å². The first-order chi connectivity index (χ1) is 11.6. The highest BCUT2D eigenvalue weighted by Crippen LogP contribution is 2.20. The molecular weight excluding hydrogens is 306 g/mol. The fourth-order valence-corrected chi connectivity index (χ4v) is 3.15. The number of methoxy groups -OCH3 is 1. The SMILES string of the molecule is COC(=O)C(=O)N1CCCC[C@H]1C(=O)CCCCc1ccccc1. The quantitative estimate of drug-likeness (QED) is 0.456. The summed E-state index contributed by atoms with van der Waals surface area (Å²) in [4.78, 5) is 37.4. The van der Waals surface area contributed by atoms with E-state index in [9.17, 15) is 14.4 Å². The lowest BCUT2D eigenvalue weighted by Gasteiger charge is -2.33. The number of ketones is 1. The van der Waals surface area contributed by atoms with Crippen LogP contribution in [0.2, 0.25) is 0 Å². The van der Waals surface area contributed by atoms with E-state index in [-0.39, 0.29) is 5.78 Å². The van der Waals surface area contributed by atoms with Gasteiger partial charge in [0.2, 0.25) is 0 Å². The largest absolute Gasteiger partial charge is 0.462 e. The van der Waals surface area contributed by atoms with Crippen molar-refractivity contribution in [2.45, 2.75) is 51.0 Å². The molecule has 0 spiro atoms. The minimum Gasteiger partial charge on any atom is -0.462 e. The Morgan fingerprint density at radius 3 is 2.58 bits per heavy atom. The van der Waals surface area contributed by atoms with Crippen LogP contribution >= 0.6 is 0 Å². The summed E-state index contributed by atoms with van der Waals surface area (Å²) < 4.78 is 4.50. The first kappa shape index (κ1) is 18.2. The second-order valence-corrected chi connectivity index (χ2v) is 6.16. The van der Waals surface area contributed by atoms with Crippen LogP contribution in [0.1, 0.15) is 44.1 Å². The van der Waals surface area contributed by atoms with Crippen molar-refractivity contribution in [1.82, 2.24) is 4.90 Å². The van der Waals surface area contributed by atoms with Gasteiger partial charge in [-0.15, -0.1) is 0 Å². The summed E-state index contributed by atoms with van der Waals surface area (Å²) in [5.74, 6) is -1.53. The molecule has 0 aromatic heterocycles. The van der Waals surface area contributed by atoms with Crippen LogP contribution in [0.5, 0.6) is 0 Å². The van der Waals surface area contributed by atoms with Gasteiger partial charge in [0.15, 0.2) is 5.78 Å². The van der Waals surface area contributed by atoms with Gasteiger partial charge in [-0.2, -0.15) is 0 Å². The van der Waals surface area contributed by atoms with Gasteiger partial charge in [-0.3, -0.25) is 9.59 Å². The molecule has 0 aliphatic carbocycles. The van der Waals surface area contributed by atoms with E-state index >= 15 is 0 Å². The molecule has 1 amide bonds. The highest BCUT2D eigenvalue weighted by atomic mass is 16.5. The maximum Gasteiger partial charge on any atom is 0.396 e. The van der Waals surface area contributed by atoms with Crippen LogP contribution < -0.4 is 0 Å². The van der Waals surface area contributed by atoms with Crippen LogP contribution in [0.15, 0.2) is 30.3 Å². The Morgan fingerprint density at radius 2 is 1.88 bits per heavy atom. The Morgan fingerprint density at radius 1 is 1.12 bits per heavy atom. The van der Waals surface area contributed by atoms with Crippen molar-refractivity contribution in [2.24, 2.45) is 0 Å². The number of hydrogen-bond donors (Lipinski definition) is 0. The van der Waals surface area contributed by atoms with Crippen LogP contribution in [0.3, 0.4) is 0 Å². The lowest BCUT2D eigenvalue weighted by molar-refractivity contribution is -0.161. The van der Waals surface area contributed by atoms with E-state index in [1.165, 1.54) is 17.6 Å². The molecule has 2 rings (SSSR count). The van der Waals surface area contributed by atoms with Crippen LogP contribution in [0, 0.1) is 0 Å². The minimum atomic E-state index is -0.890. The zero-order valence-corrected chi connectivity index (χ0v) is 14.2. The van der Waals surface area contributed by atoms with Crippen molar-refractivity contribution in [3.63, 3.8) is 0 Å². The molecule has 0 N–H and O–H groups in total. The molecule has 0 saturated carbocycles. The predicted molar refractivity (Wildman–Crippen MR) is 90.4 cm³/mol. The minimum absolute atomic E-state index is 0.0556. The van der Waals surface area contributed by atoms with Crippen LogP contribution in [0.25, 0.3) is 0 Å². The molecule has 0 bridgehead atoms. The third kappa shape index (κ3) is 4.91. The van der Waals surface area contributed by atoms with Crippen molar-refractivity contribution in [3.05, 3.63) is 35.9 Å². The van der Waals surface area contributed by atoms with Gasteiger partial charge in [0.25, 0.3) is 0 Å². The molecule has 24 heavy (non-hydrogen) atoms. The fraction of sp³-hybridized carbons (Fsp3) is 0.526. The van der Waals surface area contributed by atoms with Gasteiger partial charge in [-0.05, 0) is 44.1 Å². The monoisotopic (exact) mass is 331 g/mol. The van der Waals surface area contributed by atoms with E-state index < -0.39 is 17.9 Å². The number of likely N-dealkylation sites (tertiary alicyclic amines) is 1. The zero-order chi connectivity index (χ0) is 17.4. The predicted octanol–water partition coefficient (Wildman–Crippen LogP) is 2.52. The number of carbonyl (C=O) groups excluding carboxylic acids is 3. The number of amides is 1. The van der Waals surface area contributed by atoms with Crippen molar-refractivity contribution < 1.29 is 19.1 Å². The number of unbranched alkanes of at least 4 members (excludes halogenated alkanes) is 1. The Balaban J connectivity index is 1.82. The van der Waals surface area contributed by atoms with E-state index in [2.05, 4.69) is 16.9 Å². The Labute approximate surface area is 143 Å². The van der Waals surface area contributed by atoms with Gasteiger partial charge >= 0.3 is 11.9 Å². The van der Waals surface area contributed by atoms with Gasteiger partial charge in [0.05, 0.1) is 13.2 Å². The van der Waals surface area contributed by atoms with Gasteiger partial charge in [0, 0.05) is 13.0 Å². The van der Waals surface area contributed by atoms with Gasteiger partial charge in [-0.25, -0.2) is 4.79 Å². The third-order valence-electron chi connectivity index (χ3n) is 4.48. The van der Waals surface area contributed by atoms with Gasteiger partial charge in [-0.1, -0.05) is 30.3 Å². The van der Waals surface area contributed by atoms with E-state index in [4.69, 9.17) is 0 Å². The molecule has 1 aliphatic rings. The normalized spacial score (nSPS) is 17.4. The second kappa shape index (κ2) is 9.21. The standard InChI is InChI=1S/C19H25NO4/c1-24-19(23)18(22)20-14-8-7-12-16(20)17(21)13-6-5-11-15-9-3-2-4-10-15/h2-4,9-10,16H,5-8,11-14H2,1H3/t16-/m0/s1. The van der Waals surface area contributed by atoms with Crippen LogP contribution in [0.4, 0.5) is 0 Å². The number of carbonyl (C=O) groups is 3. The maximum absolute atomic E-state index is 12.5. The highest BCUT2D eigenvalue weighted by Gasteiger charge is 2.34. The van der Waals surface area contributed by atoms with Crippen molar-refractivity contribution in [1.29, 1.82) is 0 Å². The lowest BCUT2D eigenvalue weighted by atomic mass is 9.95. The summed E-state index contributed by atoms with van der Waals surface area (Å²) in [7, 11) is 1.19. The molecule has 0 radical (unpaired) electrons. The van der Waals surface area contributed by atoms with Crippen molar-refractivity contribution in [3.8, 4) is 0 Å². The molecule has 130 valence electrons. The zero-order valence-electron chi connectivity index (χ0n) is 14.2. The summed E-state index contributed by atoms with van der Waals surface area (Å²) in [6.45, 7) is 0.453. The van der Waals surface area contributed by atoms with Crippen LogP contribution in [-0.2, 0) is 25.5 Å². The van der Waals surface area contributed by atoms with Crippen molar-refractivity contribution >= 4 is 17.7 Å². The topological polar surface area (TPSA) is 63.7 Å². The Bertz CT molecular complexity index is 570. The molecule has 1 saturated heterocycles. The van der Waals surface area contributed by atoms with Crippen molar-refractivity contribution in [2.75, 3.05) is 13.7 Å². The maximum atomic E-state index is 12.5. The first-order valence-electron chi connectivity index (χ1n) is 8.59. The number of aryl methyl sites for hydroxylation is 1.